The molecular formula is C12H10ClNO4. The van der Waals surface area contributed by atoms with Gasteiger partial charge in [0.2, 0.25) is 5.91 Å². The van der Waals surface area contributed by atoms with E-state index in [4.69, 9.17) is 21.1 Å². The number of amides is 1. The number of nitrogens with one attached hydrogen (secondary N) is 1. The van der Waals surface area contributed by atoms with Crippen molar-refractivity contribution in [2.45, 2.75) is 6.42 Å². The highest BCUT2D eigenvalue weighted by atomic mass is 35.5. The summed E-state index contributed by atoms with van der Waals surface area (Å²) < 4.78 is 5.28. The number of carbonyl (C=O) groups excluding carboxylic acids is 1. The Bertz CT molecular complexity index is 605. The van der Waals surface area contributed by atoms with Crippen molar-refractivity contribution in [3.8, 4) is 0 Å². The van der Waals surface area contributed by atoms with E-state index in [9.17, 15) is 9.59 Å². The van der Waals surface area contributed by atoms with Gasteiger partial charge in [0.15, 0.2) is 0 Å². The highest BCUT2D eigenvalue weighted by molar-refractivity contribution is 6.31. The zero-order valence-corrected chi connectivity index (χ0v) is 10.0. The maximum absolute atomic E-state index is 11.5. The Hall–Kier alpha value is -2.01. The quantitative estimate of drug-likeness (QED) is 0.886. The Morgan fingerprint density at radius 3 is 2.89 bits per heavy atom. The van der Waals surface area contributed by atoms with Crippen LogP contribution in [0.25, 0.3) is 11.0 Å². The largest absolute Gasteiger partial charge is 0.480 e. The molecule has 0 spiro atoms. The van der Waals surface area contributed by atoms with Crippen LogP contribution in [0.15, 0.2) is 28.9 Å². The topological polar surface area (TPSA) is 79.5 Å². The van der Waals surface area contributed by atoms with Gasteiger partial charge in [-0.15, -0.1) is 0 Å². The average Bonchev–Trinajstić information content (AvgIpc) is 2.69. The van der Waals surface area contributed by atoms with Gasteiger partial charge in [-0.1, -0.05) is 11.6 Å². The van der Waals surface area contributed by atoms with E-state index in [2.05, 4.69) is 5.32 Å². The lowest BCUT2D eigenvalue weighted by molar-refractivity contribution is -0.137. The lowest BCUT2D eigenvalue weighted by Crippen LogP contribution is -2.30. The van der Waals surface area contributed by atoms with E-state index in [0.717, 1.165) is 5.39 Å². The molecule has 2 rings (SSSR count). The van der Waals surface area contributed by atoms with E-state index in [1.54, 1.807) is 18.2 Å². The summed E-state index contributed by atoms with van der Waals surface area (Å²) in [6.07, 6.45) is 1.53. The van der Waals surface area contributed by atoms with Gasteiger partial charge >= 0.3 is 5.97 Å². The first-order valence-corrected chi connectivity index (χ1v) is 5.58. The molecular weight excluding hydrogens is 258 g/mol. The molecule has 2 N–H and O–H groups in total. The molecule has 18 heavy (non-hydrogen) atoms. The smallest absolute Gasteiger partial charge is 0.322 e. The molecule has 0 aliphatic heterocycles. The van der Waals surface area contributed by atoms with Gasteiger partial charge in [-0.05, 0) is 18.2 Å². The Labute approximate surface area is 107 Å². The van der Waals surface area contributed by atoms with E-state index in [1.165, 1.54) is 6.26 Å². The molecule has 0 saturated carbocycles. The average molecular weight is 268 g/mol. The zero-order valence-electron chi connectivity index (χ0n) is 9.27. The molecule has 1 aromatic carbocycles. The van der Waals surface area contributed by atoms with Gasteiger partial charge in [-0.25, -0.2) is 0 Å². The third-order valence-electron chi connectivity index (χ3n) is 2.40. The summed E-state index contributed by atoms with van der Waals surface area (Å²) >= 11 is 5.87. The van der Waals surface area contributed by atoms with Crippen LogP contribution in [0.4, 0.5) is 0 Å². The Balaban J connectivity index is 2.14. The van der Waals surface area contributed by atoms with Gasteiger partial charge in [-0.2, -0.15) is 0 Å². The molecule has 1 amide bonds. The first-order chi connectivity index (χ1) is 8.56. The molecule has 2 aromatic rings. The number of carbonyl (C=O) groups is 2. The number of hydrogen-bond acceptors (Lipinski definition) is 3. The van der Waals surface area contributed by atoms with Crippen LogP contribution in [0.5, 0.6) is 0 Å². The lowest BCUT2D eigenvalue weighted by atomic mass is 10.1. The van der Waals surface area contributed by atoms with Gasteiger partial charge in [0.05, 0.1) is 12.7 Å². The fraction of sp³-hybridized carbons (Fsp3) is 0.167. The number of carboxylic acids is 1. The molecule has 0 saturated heterocycles. The van der Waals surface area contributed by atoms with E-state index in [0.29, 0.717) is 16.2 Å². The van der Waals surface area contributed by atoms with Crippen LogP contribution in [-0.2, 0) is 16.0 Å². The van der Waals surface area contributed by atoms with Gasteiger partial charge in [0.1, 0.15) is 12.1 Å². The summed E-state index contributed by atoms with van der Waals surface area (Å²) in [6, 6.07) is 5.12. The van der Waals surface area contributed by atoms with Gasteiger partial charge in [-0.3, -0.25) is 9.59 Å². The first-order valence-electron chi connectivity index (χ1n) is 5.20. The number of carboxylic acid groups (broad SMARTS) is 1. The van der Waals surface area contributed by atoms with Crippen molar-refractivity contribution in [1.82, 2.24) is 5.32 Å². The van der Waals surface area contributed by atoms with Crippen LogP contribution in [0.3, 0.4) is 0 Å². The van der Waals surface area contributed by atoms with Crippen LogP contribution in [0.2, 0.25) is 5.02 Å². The van der Waals surface area contributed by atoms with Gasteiger partial charge < -0.3 is 14.8 Å². The van der Waals surface area contributed by atoms with E-state index in [-0.39, 0.29) is 12.3 Å². The number of hydrogen-bond donors (Lipinski definition) is 2. The molecule has 0 aliphatic carbocycles. The van der Waals surface area contributed by atoms with Gasteiger partial charge in [0.25, 0.3) is 0 Å². The van der Waals surface area contributed by atoms with E-state index < -0.39 is 12.5 Å². The lowest BCUT2D eigenvalue weighted by Gasteiger charge is -2.00. The second-order valence-electron chi connectivity index (χ2n) is 3.75. The molecule has 6 heteroatoms. The van der Waals surface area contributed by atoms with E-state index in [1.807, 2.05) is 0 Å². The fourth-order valence-electron chi connectivity index (χ4n) is 1.60. The highest BCUT2D eigenvalue weighted by Gasteiger charge is 2.11. The first kappa shape index (κ1) is 12.4. The van der Waals surface area contributed by atoms with Crippen LogP contribution < -0.4 is 5.32 Å². The van der Waals surface area contributed by atoms with Crippen molar-refractivity contribution in [3.63, 3.8) is 0 Å². The summed E-state index contributed by atoms with van der Waals surface area (Å²) in [5.74, 6) is -1.46. The van der Waals surface area contributed by atoms with Crippen LogP contribution in [-0.4, -0.2) is 23.5 Å². The van der Waals surface area contributed by atoms with Crippen LogP contribution in [0.1, 0.15) is 5.56 Å². The summed E-state index contributed by atoms with van der Waals surface area (Å²) in [5.41, 5.74) is 1.32. The van der Waals surface area contributed by atoms with Crippen LogP contribution in [0, 0.1) is 0 Å². The monoisotopic (exact) mass is 267 g/mol. The molecule has 0 fully saturated rings. The van der Waals surface area contributed by atoms with E-state index >= 15 is 0 Å². The molecule has 0 aliphatic rings. The normalized spacial score (nSPS) is 10.5. The molecule has 5 nitrogen and oxygen atoms in total. The van der Waals surface area contributed by atoms with Crippen molar-refractivity contribution >= 4 is 34.4 Å². The number of aliphatic carboxylic acids is 1. The maximum atomic E-state index is 11.5. The van der Waals surface area contributed by atoms with Gasteiger partial charge in [0, 0.05) is 16.0 Å². The predicted molar refractivity (Wildman–Crippen MR) is 65.6 cm³/mol. The van der Waals surface area contributed by atoms with Crippen molar-refractivity contribution in [2.24, 2.45) is 0 Å². The van der Waals surface area contributed by atoms with Crippen molar-refractivity contribution in [3.05, 3.63) is 35.0 Å². The number of rotatable bonds is 4. The molecule has 0 atom stereocenters. The highest BCUT2D eigenvalue weighted by Crippen LogP contribution is 2.24. The second kappa shape index (κ2) is 5.10. The van der Waals surface area contributed by atoms with Crippen molar-refractivity contribution < 1.29 is 19.1 Å². The molecule has 0 bridgehead atoms. The Morgan fingerprint density at radius 1 is 1.39 bits per heavy atom. The molecule has 0 unspecified atom stereocenters. The third-order valence-corrected chi connectivity index (χ3v) is 2.64. The number of benzene rings is 1. The minimum absolute atomic E-state index is 0.0562. The SMILES string of the molecule is O=C(O)CNC(=O)Cc1coc2ccc(Cl)cc12. The molecule has 1 aromatic heterocycles. The minimum Gasteiger partial charge on any atom is -0.480 e. The molecule has 94 valence electrons. The van der Waals surface area contributed by atoms with Crippen molar-refractivity contribution in [1.29, 1.82) is 0 Å². The fourth-order valence-corrected chi connectivity index (χ4v) is 1.77. The second-order valence-corrected chi connectivity index (χ2v) is 4.19. The summed E-state index contributed by atoms with van der Waals surface area (Å²) in [4.78, 5) is 21.8. The summed E-state index contributed by atoms with van der Waals surface area (Å²) in [5, 5.41) is 12.0. The summed E-state index contributed by atoms with van der Waals surface area (Å²) in [7, 11) is 0. The Morgan fingerprint density at radius 2 is 2.17 bits per heavy atom. The maximum Gasteiger partial charge on any atom is 0.322 e. The van der Waals surface area contributed by atoms with Crippen LogP contribution >= 0.6 is 11.6 Å². The van der Waals surface area contributed by atoms with Crippen molar-refractivity contribution in [2.75, 3.05) is 6.54 Å². The number of fused-ring (bicyclic) bond motifs is 1. The number of furan rings is 1. The zero-order chi connectivity index (χ0) is 13.1. The predicted octanol–water partition coefficient (Wildman–Crippen LogP) is 1.83. The summed E-state index contributed by atoms with van der Waals surface area (Å²) in [6.45, 7) is -0.393. The minimum atomic E-state index is -1.08. The third kappa shape index (κ3) is 2.81. The molecule has 1 heterocycles. The standard InChI is InChI=1S/C12H10ClNO4/c13-8-1-2-10-9(4-8)7(6-18-10)3-11(15)14-5-12(16)17/h1-2,4,6H,3,5H2,(H,14,15)(H,16,17). The molecule has 0 radical (unpaired) electrons. The number of halogens is 1. The Kier molecular flexibility index (Phi) is 3.53.